The van der Waals surface area contributed by atoms with Crippen LogP contribution in [0, 0.1) is 0 Å². The Morgan fingerprint density at radius 3 is 3.00 bits per heavy atom. The molecule has 0 aliphatic rings. The summed E-state index contributed by atoms with van der Waals surface area (Å²) in [4.78, 5) is 2.38. The fourth-order valence-electron chi connectivity index (χ4n) is 1.64. The number of rotatable bonds is 4. The molecule has 2 aromatic rings. The van der Waals surface area contributed by atoms with Gasteiger partial charge in [-0.25, -0.2) is 0 Å². The van der Waals surface area contributed by atoms with Gasteiger partial charge in [-0.1, -0.05) is 0 Å². The molecule has 15 heavy (non-hydrogen) atoms. The van der Waals surface area contributed by atoms with Crippen molar-refractivity contribution in [3.05, 3.63) is 28.7 Å². The molecular formula is C12H15NOSe. The molecule has 3 heteroatoms. The zero-order chi connectivity index (χ0) is 10.7. The van der Waals surface area contributed by atoms with Crippen LogP contribution in [0.3, 0.4) is 0 Å². The minimum absolute atomic E-state index is 0.519. The van der Waals surface area contributed by atoms with Crippen LogP contribution >= 0.6 is 0 Å². The number of ether oxygens (including phenoxy) is 1. The predicted octanol–water partition coefficient (Wildman–Crippen LogP) is 1.67. The first kappa shape index (κ1) is 10.7. The average molecular weight is 268 g/mol. The third-order valence-electron chi connectivity index (χ3n) is 2.51. The topological polar surface area (TPSA) is 21.3 Å². The van der Waals surface area contributed by atoms with Crippen molar-refractivity contribution in [2.75, 3.05) is 20.7 Å². The number of likely N-dealkylation sites (N-methyl/N-ethyl adjacent to an activating group) is 1. The Bertz CT molecular complexity index is 450. The van der Waals surface area contributed by atoms with E-state index < -0.39 is 0 Å². The molecule has 0 radical (unpaired) electrons. The molecule has 2 nitrogen and oxygen atoms in total. The molecule has 0 aliphatic heterocycles. The van der Waals surface area contributed by atoms with Gasteiger partial charge in [0.25, 0.3) is 0 Å². The van der Waals surface area contributed by atoms with Gasteiger partial charge in [-0.3, -0.25) is 0 Å². The van der Waals surface area contributed by atoms with Crippen LogP contribution in [0.4, 0.5) is 0 Å². The van der Waals surface area contributed by atoms with E-state index in [0.717, 1.165) is 18.7 Å². The molecule has 0 saturated carbocycles. The first-order chi connectivity index (χ1) is 7.35. The number of benzene rings is 1. The monoisotopic (exact) mass is 269 g/mol. The van der Waals surface area contributed by atoms with Crippen LogP contribution in [0.1, 0.15) is 5.56 Å². The Balaban J connectivity index is 2.38. The van der Waals surface area contributed by atoms with Gasteiger partial charge in [0.1, 0.15) is 0 Å². The molecule has 80 valence electrons. The molecule has 1 heterocycles. The SMILES string of the molecule is CNCCc1c[se]c2ccc(OC)cc12. The Morgan fingerprint density at radius 1 is 1.40 bits per heavy atom. The van der Waals surface area contributed by atoms with Gasteiger partial charge in [-0.15, -0.1) is 0 Å². The summed E-state index contributed by atoms with van der Waals surface area (Å²) in [5, 5.41) is 4.58. The van der Waals surface area contributed by atoms with E-state index in [2.05, 4.69) is 28.5 Å². The van der Waals surface area contributed by atoms with E-state index in [0.29, 0.717) is 14.5 Å². The van der Waals surface area contributed by atoms with Crippen molar-refractivity contribution < 1.29 is 4.74 Å². The summed E-state index contributed by atoms with van der Waals surface area (Å²) in [6, 6.07) is 6.40. The average Bonchev–Trinajstić information content (AvgIpc) is 2.68. The molecule has 0 spiro atoms. The third-order valence-corrected chi connectivity index (χ3v) is 4.63. The van der Waals surface area contributed by atoms with E-state index >= 15 is 0 Å². The normalized spacial score (nSPS) is 10.8. The van der Waals surface area contributed by atoms with Crippen LogP contribution in [0.15, 0.2) is 23.1 Å². The summed E-state index contributed by atoms with van der Waals surface area (Å²) in [6.07, 6.45) is 1.11. The van der Waals surface area contributed by atoms with Gasteiger partial charge in [0.2, 0.25) is 0 Å². The second kappa shape index (κ2) is 4.84. The number of nitrogens with one attached hydrogen (secondary N) is 1. The molecule has 0 fully saturated rings. The summed E-state index contributed by atoms with van der Waals surface area (Å²) in [7, 11) is 3.71. The molecule has 1 N–H and O–H groups in total. The Morgan fingerprint density at radius 2 is 2.27 bits per heavy atom. The number of hydrogen-bond donors (Lipinski definition) is 1. The molecule has 2 rings (SSSR count). The molecule has 1 aromatic carbocycles. The van der Waals surface area contributed by atoms with Crippen molar-refractivity contribution in [1.82, 2.24) is 5.32 Å². The first-order valence-corrected chi connectivity index (χ1v) is 6.88. The molecule has 1 aromatic heterocycles. The van der Waals surface area contributed by atoms with E-state index in [4.69, 9.17) is 4.74 Å². The van der Waals surface area contributed by atoms with E-state index in [-0.39, 0.29) is 0 Å². The summed E-state index contributed by atoms with van der Waals surface area (Å²) in [6.45, 7) is 1.04. The van der Waals surface area contributed by atoms with Gasteiger partial charge >= 0.3 is 95.8 Å². The molecule has 0 amide bonds. The second-order valence-corrected chi connectivity index (χ2v) is 5.39. The Kier molecular flexibility index (Phi) is 3.47. The summed E-state index contributed by atoms with van der Waals surface area (Å²) in [5.41, 5.74) is 1.47. The fraction of sp³-hybridized carbons (Fsp3) is 0.333. The summed E-state index contributed by atoms with van der Waals surface area (Å²) >= 11 is 0.519. The standard InChI is InChI=1S/C12H15NOSe/c1-13-6-5-9-8-15-12-4-3-10(14-2)7-11(9)12/h3-4,7-8,13H,5-6H2,1-2H3. The maximum atomic E-state index is 5.26. The van der Waals surface area contributed by atoms with Crippen LogP contribution in [0.5, 0.6) is 5.75 Å². The van der Waals surface area contributed by atoms with Crippen LogP contribution in [-0.4, -0.2) is 35.2 Å². The van der Waals surface area contributed by atoms with Gasteiger partial charge in [-0.05, 0) is 0 Å². The number of hydrogen-bond acceptors (Lipinski definition) is 2. The van der Waals surface area contributed by atoms with Gasteiger partial charge < -0.3 is 0 Å². The van der Waals surface area contributed by atoms with Gasteiger partial charge in [0.05, 0.1) is 0 Å². The second-order valence-electron chi connectivity index (χ2n) is 3.48. The molecule has 0 saturated heterocycles. The molecule has 0 unspecified atom stereocenters. The molecular weight excluding hydrogens is 253 g/mol. The van der Waals surface area contributed by atoms with Crippen molar-refractivity contribution in [2.24, 2.45) is 0 Å². The maximum absolute atomic E-state index is 5.26. The zero-order valence-electron chi connectivity index (χ0n) is 9.04. The Hall–Kier alpha value is -0.761. The molecule has 0 bridgehead atoms. The van der Waals surface area contributed by atoms with Crippen LogP contribution in [-0.2, 0) is 6.42 Å². The molecule has 0 aliphatic carbocycles. The van der Waals surface area contributed by atoms with E-state index in [1.807, 2.05) is 7.05 Å². The van der Waals surface area contributed by atoms with Gasteiger partial charge in [-0.2, -0.15) is 0 Å². The first-order valence-electron chi connectivity index (χ1n) is 5.04. The van der Waals surface area contributed by atoms with Crippen LogP contribution in [0.2, 0.25) is 0 Å². The Labute approximate surface area is 96.0 Å². The third kappa shape index (κ3) is 2.25. The molecule has 0 atom stereocenters. The summed E-state index contributed by atoms with van der Waals surface area (Å²) in [5.74, 6) is 0.960. The van der Waals surface area contributed by atoms with Gasteiger partial charge in [0.15, 0.2) is 0 Å². The zero-order valence-corrected chi connectivity index (χ0v) is 10.8. The van der Waals surface area contributed by atoms with E-state index in [1.54, 1.807) is 7.11 Å². The van der Waals surface area contributed by atoms with Gasteiger partial charge in [0, 0.05) is 0 Å². The van der Waals surface area contributed by atoms with Crippen molar-refractivity contribution in [2.45, 2.75) is 6.42 Å². The van der Waals surface area contributed by atoms with Crippen LogP contribution < -0.4 is 10.1 Å². The number of fused-ring (bicyclic) bond motifs is 1. The van der Waals surface area contributed by atoms with E-state index in [9.17, 15) is 0 Å². The fourth-order valence-corrected chi connectivity index (χ4v) is 3.69. The minimum atomic E-state index is 0.519. The van der Waals surface area contributed by atoms with Crippen molar-refractivity contribution >= 4 is 24.1 Å². The van der Waals surface area contributed by atoms with Crippen molar-refractivity contribution in [3.8, 4) is 5.75 Å². The van der Waals surface area contributed by atoms with Crippen molar-refractivity contribution in [3.63, 3.8) is 0 Å². The van der Waals surface area contributed by atoms with Crippen LogP contribution in [0.25, 0.3) is 9.65 Å². The van der Waals surface area contributed by atoms with E-state index in [1.165, 1.54) is 15.2 Å². The summed E-state index contributed by atoms with van der Waals surface area (Å²) < 4.78 is 6.74. The number of methoxy groups -OCH3 is 1. The predicted molar refractivity (Wildman–Crippen MR) is 65.1 cm³/mol. The quantitative estimate of drug-likeness (QED) is 0.852. The van der Waals surface area contributed by atoms with Crippen molar-refractivity contribution in [1.29, 1.82) is 0 Å².